The second-order valence-corrected chi connectivity index (χ2v) is 4.88. The number of halogens is 6. The number of hydrogen-bond donors (Lipinski definition) is 1. The third-order valence-corrected chi connectivity index (χ3v) is 3.31. The molecule has 19 heavy (non-hydrogen) atoms. The lowest BCUT2D eigenvalue weighted by Crippen LogP contribution is -2.30. The normalized spacial score (nSPS) is 13.9. The molecule has 0 bridgehead atoms. The molecule has 0 aliphatic carbocycles. The molecular weight excluding hydrogens is 296 g/mol. The van der Waals surface area contributed by atoms with Crippen LogP contribution in [-0.2, 0) is 11.0 Å². The maximum atomic E-state index is 13.7. The summed E-state index contributed by atoms with van der Waals surface area (Å²) in [5, 5.41) is 0. The Morgan fingerprint density at radius 2 is 1.89 bits per heavy atom. The van der Waals surface area contributed by atoms with Crippen molar-refractivity contribution in [3.8, 4) is 0 Å². The molecule has 0 aliphatic heterocycles. The average Bonchev–Trinajstić information content (AvgIpc) is 2.24. The standard InChI is InChI=1S/C10H9F6NOS/c1-5-2-3-6(8(11)7(5)9(12)13)19(18)17-4-10(14,15)16/h2-3,9,17H,4H2,1H3. The Hall–Kier alpha value is -1.09. The van der Waals surface area contributed by atoms with Crippen LogP contribution in [-0.4, -0.2) is 16.9 Å². The van der Waals surface area contributed by atoms with Crippen molar-refractivity contribution in [2.75, 3.05) is 6.54 Å². The van der Waals surface area contributed by atoms with Gasteiger partial charge < -0.3 is 0 Å². The molecule has 1 unspecified atom stereocenters. The van der Waals surface area contributed by atoms with Crippen molar-refractivity contribution in [3.05, 3.63) is 29.1 Å². The highest BCUT2D eigenvalue weighted by atomic mass is 32.2. The lowest BCUT2D eigenvalue weighted by molar-refractivity contribution is -0.121. The van der Waals surface area contributed by atoms with Crippen molar-refractivity contribution in [1.82, 2.24) is 4.72 Å². The van der Waals surface area contributed by atoms with Crippen molar-refractivity contribution in [3.63, 3.8) is 0 Å². The highest BCUT2D eigenvalue weighted by Crippen LogP contribution is 2.28. The van der Waals surface area contributed by atoms with Gasteiger partial charge in [0.2, 0.25) is 0 Å². The molecule has 0 saturated carbocycles. The van der Waals surface area contributed by atoms with E-state index in [1.54, 1.807) is 0 Å². The van der Waals surface area contributed by atoms with Crippen LogP contribution in [0.4, 0.5) is 26.3 Å². The summed E-state index contributed by atoms with van der Waals surface area (Å²) in [7, 11) is -2.55. The van der Waals surface area contributed by atoms with Gasteiger partial charge in [0.1, 0.15) is 23.3 Å². The first-order chi connectivity index (χ1) is 8.63. The number of hydrogen-bond acceptors (Lipinski definition) is 1. The zero-order chi connectivity index (χ0) is 14.8. The van der Waals surface area contributed by atoms with Gasteiger partial charge in [0.25, 0.3) is 6.43 Å². The van der Waals surface area contributed by atoms with E-state index in [9.17, 15) is 30.6 Å². The lowest BCUT2D eigenvalue weighted by atomic mass is 10.1. The van der Waals surface area contributed by atoms with E-state index in [-0.39, 0.29) is 5.56 Å². The summed E-state index contributed by atoms with van der Waals surface area (Å²) in [6.45, 7) is -0.392. The van der Waals surface area contributed by atoms with Crippen LogP contribution in [0.25, 0.3) is 0 Å². The summed E-state index contributed by atoms with van der Waals surface area (Å²) in [6, 6.07) is 1.99. The Kier molecular flexibility index (Phi) is 4.97. The molecule has 0 radical (unpaired) electrons. The zero-order valence-electron chi connectivity index (χ0n) is 9.52. The topological polar surface area (TPSA) is 29.1 Å². The van der Waals surface area contributed by atoms with Crippen LogP contribution in [0.2, 0.25) is 0 Å². The summed E-state index contributed by atoms with van der Waals surface area (Å²) in [5.74, 6) is -1.46. The fourth-order valence-corrected chi connectivity index (χ4v) is 2.22. The number of benzene rings is 1. The van der Waals surface area contributed by atoms with Gasteiger partial charge in [-0.1, -0.05) is 6.07 Å². The van der Waals surface area contributed by atoms with Gasteiger partial charge in [0.15, 0.2) is 0 Å². The Morgan fingerprint density at radius 3 is 2.37 bits per heavy atom. The fourth-order valence-electron chi connectivity index (χ4n) is 1.31. The van der Waals surface area contributed by atoms with Gasteiger partial charge in [-0.3, -0.25) is 0 Å². The Labute approximate surface area is 107 Å². The summed E-state index contributed by atoms with van der Waals surface area (Å²) < 4.78 is 87.4. The first-order valence-electron chi connectivity index (χ1n) is 4.92. The molecule has 1 atom stereocenters. The molecule has 0 heterocycles. The molecule has 0 saturated heterocycles. The fraction of sp³-hybridized carbons (Fsp3) is 0.400. The van der Waals surface area contributed by atoms with E-state index in [1.807, 2.05) is 0 Å². The third-order valence-electron chi connectivity index (χ3n) is 2.18. The Bertz CT molecular complexity index is 488. The molecule has 0 fully saturated rings. The molecule has 0 aliphatic rings. The van der Waals surface area contributed by atoms with Gasteiger partial charge in [0, 0.05) is 0 Å². The quantitative estimate of drug-likeness (QED) is 0.850. The summed E-state index contributed by atoms with van der Waals surface area (Å²) in [5.41, 5.74) is -1.02. The lowest BCUT2D eigenvalue weighted by Gasteiger charge is -2.12. The van der Waals surface area contributed by atoms with E-state index in [0.717, 1.165) is 12.1 Å². The third kappa shape index (κ3) is 4.20. The number of rotatable bonds is 4. The Morgan fingerprint density at radius 1 is 1.32 bits per heavy atom. The van der Waals surface area contributed by atoms with Crippen molar-refractivity contribution >= 4 is 11.0 Å². The largest absolute Gasteiger partial charge is 0.402 e. The molecule has 9 heteroatoms. The molecule has 0 aromatic heterocycles. The Balaban J connectivity index is 3.02. The number of aryl methyl sites for hydroxylation is 1. The van der Waals surface area contributed by atoms with Crippen molar-refractivity contribution in [2.24, 2.45) is 0 Å². The minimum Gasteiger partial charge on any atom is -0.237 e. The monoisotopic (exact) mass is 305 g/mol. The number of alkyl halides is 5. The first-order valence-corrected chi connectivity index (χ1v) is 6.07. The van der Waals surface area contributed by atoms with Gasteiger partial charge in [-0.2, -0.15) is 13.2 Å². The molecule has 1 N–H and O–H groups in total. The van der Waals surface area contributed by atoms with E-state index in [0.29, 0.717) is 0 Å². The highest BCUT2D eigenvalue weighted by Gasteiger charge is 2.29. The molecule has 1 aromatic carbocycles. The van der Waals surface area contributed by atoms with Gasteiger partial charge in [-0.15, -0.1) is 0 Å². The van der Waals surface area contributed by atoms with E-state index in [1.165, 1.54) is 11.6 Å². The molecule has 108 valence electrons. The van der Waals surface area contributed by atoms with Crippen LogP contribution < -0.4 is 4.72 Å². The van der Waals surface area contributed by atoms with Gasteiger partial charge in [-0.25, -0.2) is 22.1 Å². The van der Waals surface area contributed by atoms with Crippen LogP contribution in [0, 0.1) is 12.7 Å². The smallest absolute Gasteiger partial charge is 0.237 e. The van der Waals surface area contributed by atoms with Crippen LogP contribution in [0.5, 0.6) is 0 Å². The first kappa shape index (κ1) is 16.0. The van der Waals surface area contributed by atoms with Gasteiger partial charge in [0.05, 0.1) is 10.5 Å². The highest BCUT2D eigenvalue weighted by molar-refractivity contribution is 7.83. The van der Waals surface area contributed by atoms with Crippen LogP contribution in [0.15, 0.2) is 17.0 Å². The van der Waals surface area contributed by atoms with Crippen molar-refractivity contribution < 1.29 is 30.6 Å². The molecule has 1 rings (SSSR count). The van der Waals surface area contributed by atoms with Gasteiger partial charge in [-0.05, 0) is 18.6 Å². The molecule has 1 aromatic rings. The summed E-state index contributed by atoms with van der Waals surface area (Å²) in [4.78, 5) is -0.731. The van der Waals surface area contributed by atoms with Crippen molar-refractivity contribution in [2.45, 2.75) is 24.4 Å². The maximum absolute atomic E-state index is 13.7. The van der Waals surface area contributed by atoms with Crippen LogP contribution in [0.1, 0.15) is 17.6 Å². The molecular formula is C10H9F6NOS. The molecule has 2 nitrogen and oxygen atoms in total. The van der Waals surface area contributed by atoms with Gasteiger partial charge >= 0.3 is 6.18 Å². The van der Waals surface area contributed by atoms with E-state index < -0.39 is 46.4 Å². The zero-order valence-corrected chi connectivity index (χ0v) is 10.3. The van der Waals surface area contributed by atoms with Crippen LogP contribution in [0.3, 0.4) is 0 Å². The predicted octanol–water partition coefficient (Wildman–Crippen LogP) is 3.25. The van der Waals surface area contributed by atoms with E-state index >= 15 is 0 Å². The predicted molar refractivity (Wildman–Crippen MR) is 56.6 cm³/mol. The van der Waals surface area contributed by atoms with Crippen molar-refractivity contribution in [1.29, 1.82) is 0 Å². The minimum absolute atomic E-state index is 0.0657. The van der Waals surface area contributed by atoms with E-state index in [2.05, 4.69) is 0 Å². The second-order valence-electron chi connectivity index (χ2n) is 3.61. The summed E-state index contributed by atoms with van der Waals surface area (Å²) >= 11 is 0. The SMILES string of the molecule is Cc1ccc(S(=O)NCC(F)(F)F)c(F)c1C(F)F. The molecule has 0 amide bonds. The summed E-state index contributed by atoms with van der Waals surface area (Å²) in [6.07, 6.45) is -7.78. The second kappa shape index (κ2) is 5.91. The molecule has 0 spiro atoms. The number of nitrogens with one attached hydrogen (secondary N) is 1. The maximum Gasteiger partial charge on any atom is 0.402 e. The van der Waals surface area contributed by atoms with E-state index in [4.69, 9.17) is 0 Å². The van der Waals surface area contributed by atoms with Crippen LogP contribution >= 0.6 is 0 Å². The average molecular weight is 305 g/mol. The minimum atomic E-state index is -4.64.